The third kappa shape index (κ3) is 2.88. The first kappa shape index (κ1) is 16.7. The van der Waals surface area contributed by atoms with Crippen molar-refractivity contribution < 1.29 is 22.1 Å². The lowest BCUT2D eigenvalue weighted by Crippen LogP contribution is -2.38. The Kier molecular flexibility index (Phi) is 3.58. The second kappa shape index (κ2) is 5.36. The Balaban J connectivity index is 1.57. The van der Waals surface area contributed by atoms with Gasteiger partial charge < -0.3 is 13.8 Å². The van der Waals surface area contributed by atoms with E-state index >= 15 is 0 Å². The van der Waals surface area contributed by atoms with Crippen molar-refractivity contribution in [1.29, 1.82) is 0 Å². The molecule has 4 heterocycles. The zero-order valence-corrected chi connectivity index (χ0v) is 15.5. The van der Waals surface area contributed by atoms with Crippen LogP contribution in [0.15, 0.2) is 0 Å². The zero-order valence-electron chi connectivity index (χ0n) is 14.7. The molecular weight excluding hydrogens is 346 g/mol. The summed E-state index contributed by atoms with van der Waals surface area (Å²) < 4.78 is 37.1. The Labute approximate surface area is 147 Å². The van der Waals surface area contributed by atoms with Crippen LogP contribution in [-0.4, -0.2) is 53.1 Å². The van der Waals surface area contributed by atoms with Gasteiger partial charge in [0.15, 0.2) is 0 Å². The van der Waals surface area contributed by atoms with Gasteiger partial charge in [0, 0.05) is 25.1 Å². The average molecular weight is 369 g/mol. The minimum absolute atomic E-state index is 0.103. The molecule has 0 spiro atoms. The summed E-state index contributed by atoms with van der Waals surface area (Å²) in [6, 6.07) is 0.103. The van der Waals surface area contributed by atoms with Gasteiger partial charge in [-0.1, -0.05) is 0 Å². The molecular formula is C16H23N3O5S. The van der Waals surface area contributed by atoms with Crippen LogP contribution in [0.4, 0.5) is 4.79 Å². The number of fused-ring (bicyclic) bond motifs is 2. The Bertz CT molecular complexity index is 818. The van der Waals surface area contributed by atoms with Gasteiger partial charge in [0.25, 0.3) is 0 Å². The third-order valence-electron chi connectivity index (χ3n) is 4.96. The first-order valence-electron chi connectivity index (χ1n) is 8.65. The lowest BCUT2D eigenvalue weighted by Gasteiger charge is -2.29. The number of nitrogens with zero attached hydrogens (tertiary/aromatic N) is 3. The standard InChI is InChI=1S/C16H23N3O5S/c1-16(2,3)23-15(20)18-6-4-12-13(5-7-18)17-19-10-8-11(9-10)25(21,22)24-14(12)19/h10-11H,4-9H2,1-3H3. The van der Waals surface area contributed by atoms with Crippen molar-refractivity contribution in [2.45, 2.75) is 63.3 Å². The molecule has 2 bridgehead atoms. The maximum absolute atomic E-state index is 12.3. The predicted molar refractivity (Wildman–Crippen MR) is 89.0 cm³/mol. The molecule has 1 saturated carbocycles. The van der Waals surface area contributed by atoms with Crippen molar-refractivity contribution >= 4 is 16.2 Å². The molecule has 0 saturated heterocycles. The molecule has 1 amide bonds. The number of amides is 1. The molecule has 0 radical (unpaired) electrons. The molecule has 3 aliphatic heterocycles. The third-order valence-corrected chi connectivity index (χ3v) is 6.56. The van der Waals surface area contributed by atoms with E-state index in [1.54, 1.807) is 9.58 Å². The summed E-state index contributed by atoms with van der Waals surface area (Å²) >= 11 is 0. The topological polar surface area (TPSA) is 90.7 Å². The lowest BCUT2D eigenvalue weighted by atomic mass is 9.92. The minimum atomic E-state index is -3.58. The molecule has 25 heavy (non-hydrogen) atoms. The zero-order chi connectivity index (χ0) is 18.0. The summed E-state index contributed by atoms with van der Waals surface area (Å²) in [5.74, 6) is 0.353. The quantitative estimate of drug-likeness (QED) is 0.646. The van der Waals surface area contributed by atoms with Crippen LogP contribution in [0.25, 0.3) is 0 Å². The highest BCUT2D eigenvalue weighted by Crippen LogP contribution is 2.45. The molecule has 5 rings (SSSR count). The molecule has 138 valence electrons. The van der Waals surface area contributed by atoms with Crippen molar-refractivity contribution in [1.82, 2.24) is 14.7 Å². The highest BCUT2D eigenvalue weighted by molar-refractivity contribution is 7.87. The van der Waals surface area contributed by atoms with E-state index in [1.165, 1.54) is 0 Å². The van der Waals surface area contributed by atoms with Crippen LogP contribution < -0.4 is 4.18 Å². The number of carbonyl (C=O) groups is 1. The second-order valence-corrected chi connectivity index (χ2v) is 9.78. The average Bonchev–Trinajstić information content (AvgIpc) is 2.57. The van der Waals surface area contributed by atoms with Gasteiger partial charge in [-0.05, 0) is 40.0 Å². The number of hydrogen-bond donors (Lipinski definition) is 0. The van der Waals surface area contributed by atoms with Gasteiger partial charge in [-0.15, -0.1) is 0 Å². The SMILES string of the molecule is CC(C)(C)OC(=O)N1CCc2nn3c(c2CC1)OS(=O)(=O)C1CC3C1. The largest absolute Gasteiger partial charge is 0.444 e. The van der Waals surface area contributed by atoms with Gasteiger partial charge in [-0.3, -0.25) is 0 Å². The summed E-state index contributed by atoms with van der Waals surface area (Å²) in [4.78, 5) is 13.9. The highest BCUT2D eigenvalue weighted by atomic mass is 32.2. The van der Waals surface area contributed by atoms with E-state index in [0.717, 1.165) is 11.3 Å². The normalized spacial score (nSPS) is 27.1. The summed E-state index contributed by atoms with van der Waals surface area (Å²) in [6.45, 7) is 6.46. The number of rotatable bonds is 0. The van der Waals surface area contributed by atoms with E-state index in [1.807, 2.05) is 20.8 Å². The molecule has 0 unspecified atom stereocenters. The first-order chi connectivity index (χ1) is 11.6. The Morgan fingerprint density at radius 1 is 1.24 bits per heavy atom. The molecule has 8 nitrogen and oxygen atoms in total. The van der Waals surface area contributed by atoms with E-state index in [4.69, 9.17) is 8.92 Å². The fourth-order valence-corrected chi connectivity index (χ4v) is 4.99. The number of hydrogen-bond acceptors (Lipinski definition) is 6. The molecule has 0 aromatic carbocycles. The van der Waals surface area contributed by atoms with Crippen molar-refractivity contribution in [2.24, 2.45) is 0 Å². The van der Waals surface area contributed by atoms with Gasteiger partial charge in [0.1, 0.15) is 10.9 Å². The van der Waals surface area contributed by atoms with E-state index < -0.39 is 21.0 Å². The maximum atomic E-state index is 12.3. The second-order valence-electron chi connectivity index (χ2n) is 7.97. The number of carbonyl (C=O) groups excluding carboxylic acids is 1. The molecule has 1 fully saturated rings. The minimum Gasteiger partial charge on any atom is -0.444 e. The van der Waals surface area contributed by atoms with Gasteiger partial charge >= 0.3 is 16.2 Å². The lowest BCUT2D eigenvalue weighted by molar-refractivity contribution is 0.0258. The fourth-order valence-electron chi connectivity index (χ4n) is 3.55. The van der Waals surface area contributed by atoms with Crippen molar-refractivity contribution in [3.05, 3.63) is 11.3 Å². The van der Waals surface area contributed by atoms with Crippen molar-refractivity contribution in [3.8, 4) is 5.88 Å². The van der Waals surface area contributed by atoms with Crippen molar-refractivity contribution in [3.63, 3.8) is 0 Å². The summed E-state index contributed by atoms with van der Waals surface area (Å²) in [5.41, 5.74) is 1.08. The monoisotopic (exact) mass is 369 g/mol. The molecule has 1 aliphatic carbocycles. The van der Waals surface area contributed by atoms with E-state index in [9.17, 15) is 13.2 Å². The fraction of sp³-hybridized carbons (Fsp3) is 0.750. The van der Waals surface area contributed by atoms with Crippen LogP contribution in [0.1, 0.15) is 50.9 Å². The molecule has 0 atom stereocenters. The predicted octanol–water partition coefficient (Wildman–Crippen LogP) is 1.64. The Morgan fingerprint density at radius 2 is 1.92 bits per heavy atom. The molecule has 1 aromatic heterocycles. The highest BCUT2D eigenvalue weighted by Gasteiger charge is 2.47. The summed E-state index contributed by atoms with van der Waals surface area (Å²) in [5, 5.41) is 4.19. The smallest absolute Gasteiger partial charge is 0.410 e. The summed E-state index contributed by atoms with van der Waals surface area (Å²) in [6.07, 6.45) is 1.86. The molecule has 1 aromatic rings. The van der Waals surface area contributed by atoms with Gasteiger partial charge in [-0.25, -0.2) is 9.48 Å². The molecule has 9 heteroatoms. The van der Waals surface area contributed by atoms with Crippen LogP contribution in [0.5, 0.6) is 5.88 Å². The van der Waals surface area contributed by atoms with E-state index in [-0.39, 0.29) is 12.1 Å². The number of ether oxygens (including phenoxy) is 1. The van der Waals surface area contributed by atoms with Crippen LogP contribution in [0.2, 0.25) is 0 Å². The van der Waals surface area contributed by atoms with Gasteiger partial charge in [0.05, 0.1) is 11.7 Å². The van der Waals surface area contributed by atoms with E-state index in [2.05, 4.69) is 5.10 Å². The van der Waals surface area contributed by atoms with E-state index in [0.29, 0.717) is 44.7 Å². The molecule has 4 aliphatic rings. The van der Waals surface area contributed by atoms with Crippen LogP contribution in [0, 0.1) is 0 Å². The number of aromatic nitrogens is 2. The molecule has 0 N–H and O–H groups in total. The Morgan fingerprint density at radius 3 is 2.60 bits per heavy atom. The first-order valence-corrected chi connectivity index (χ1v) is 10.1. The van der Waals surface area contributed by atoms with Crippen LogP contribution >= 0.6 is 0 Å². The van der Waals surface area contributed by atoms with Crippen molar-refractivity contribution in [2.75, 3.05) is 13.1 Å². The van der Waals surface area contributed by atoms with Crippen LogP contribution in [-0.2, 0) is 27.7 Å². The van der Waals surface area contributed by atoms with Gasteiger partial charge in [-0.2, -0.15) is 13.5 Å². The van der Waals surface area contributed by atoms with Gasteiger partial charge in [0.2, 0.25) is 5.88 Å². The Hall–Kier alpha value is -1.77. The van der Waals surface area contributed by atoms with Crippen LogP contribution in [0.3, 0.4) is 0 Å². The summed E-state index contributed by atoms with van der Waals surface area (Å²) in [7, 11) is -3.58. The maximum Gasteiger partial charge on any atom is 0.410 e.